The van der Waals surface area contributed by atoms with Crippen LogP contribution in [-0.2, 0) is 36.8 Å². The summed E-state index contributed by atoms with van der Waals surface area (Å²) in [5.74, 6) is -3.55. The van der Waals surface area contributed by atoms with Crippen LogP contribution in [0, 0.1) is 29.1 Å². The number of likely N-dealkylation sites (tertiary alicyclic amines) is 1. The van der Waals surface area contributed by atoms with Crippen LogP contribution in [0.3, 0.4) is 0 Å². The standard InChI is InChI=1S/C31H41N3O7/c1-30(2,3)41-29(40)33-23(19-13-17-8-6-7-9-18(17)14-19)27(37)34-15-20-22(31(20,4)5)24(34)26(36)32-21(12-16-10-11-16)25(35)28(38)39/h6-9,16,19-24H,10-15H2,1-5H3,(H,32,36)(H,33,40)(H,38,39)/t20-,21?,22-,23+,24+/m1/s1. The number of hydrogen-bond donors (Lipinski definition) is 3. The number of fused-ring (bicyclic) bond motifs is 2. The topological polar surface area (TPSA) is 142 Å². The van der Waals surface area contributed by atoms with Crippen molar-refractivity contribution in [2.24, 2.45) is 29.1 Å². The Morgan fingerprint density at radius 1 is 1.05 bits per heavy atom. The third kappa shape index (κ3) is 5.97. The summed E-state index contributed by atoms with van der Waals surface area (Å²) >= 11 is 0. The molecule has 1 unspecified atom stereocenters. The Morgan fingerprint density at radius 2 is 1.66 bits per heavy atom. The highest BCUT2D eigenvalue weighted by Crippen LogP contribution is 2.65. The molecule has 1 aliphatic heterocycles. The fourth-order valence-corrected chi connectivity index (χ4v) is 6.96. The van der Waals surface area contributed by atoms with E-state index in [0.717, 1.165) is 24.0 Å². The number of nitrogens with zero attached hydrogens (tertiary/aromatic N) is 1. The molecule has 1 aromatic carbocycles. The number of carboxylic acid groups (broad SMARTS) is 1. The number of nitrogens with one attached hydrogen (secondary N) is 2. The molecule has 0 radical (unpaired) electrons. The second-order valence-corrected chi connectivity index (χ2v) is 13.9. The van der Waals surface area contributed by atoms with Gasteiger partial charge in [-0.05, 0) is 80.2 Å². The predicted molar refractivity (Wildman–Crippen MR) is 149 cm³/mol. The summed E-state index contributed by atoms with van der Waals surface area (Å²) < 4.78 is 5.51. The maximum absolute atomic E-state index is 14.3. The highest BCUT2D eigenvalue weighted by atomic mass is 16.6. The van der Waals surface area contributed by atoms with E-state index in [2.05, 4.69) is 24.5 Å². The van der Waals surface area contributed by atoms with Gasteiger partial charge in [-0.15, -0.1) is 0 Å². The first-order valence-corrected chi connectivity index (χ1v) is 14.6. The lowest BCUT2D eigenvalue weighted by Gasteiger charge is -2.35. The van der Waals surface area contributed by atoms with E-state index in [-0.39, 0.29) is 41.4 Å². The SMILES string of the molecule is CC(C)(C)OC(=O)N[C@H](C(=O)N1C[C@@H]2[C@H]([C@H]1C(=O)NC(CC1CC1)C(=O)C(=O)O)C2(C)C)C1Cc2ccccc2C1. The van der Waals surface area contributed by atoms with E-state index < -0.39 is 47.5 Å². The number of hydrogen-bond acceptors (Lipinski definition) is 6. The van der Waals surface area contributed by atoms with Crippen molar-refractivity contribution in [3.63, 3.8) is 0 Å². The summed E-state index contributed by atoms with van der Waals surface area (Å²) in [5, 5.41) is 14.9. The number of carboxylic acids is 1. The molecule has 5 rings (SSSR count). The first-order chi connectivity index (χ1) is 19.2. The van der Waals surface area contributed by atoms with Crippen LogP contribution in [0.2, 0.25) is 0 Å². The number of piperidine rings is 1. The van der Waals surface area contributed by atoms with Crippen molar-refractivity contribution in [3.05, 3.63) is 35.4 Å². The summed E-state index contributed by atoms with van der Waals surface area (Å²) in [5.41, 5.74) is 1.30. The summed E-state index contributed by atoms with van der Waals surface area (Å²) in [4.78, 5) is 66.5. The van der Waals surface area contributed by atoms with Gasteiger partial charge >= 0.3 is 12.1 Å². The number of alkyl carbamates (subject to hydrolysis) is 1. The Balaban J connectivity index is 1.39. The van der Waals surface area contributed by atoms with Crippen LogP contribution in [0.25, 0.3) is 0 Å². The molecule has 1 saturated heterocycles. The van der Waals surface area contributed by atoms with E-state index in [4.69, 9.17) is 4.74 Å². The molecule has 1 heterocycles. The summed E-state index contributed by atoms with van der Waals surface area (Å²) in [7, 11) is 0. The third-order valence-corrected chi connectivity index (χ3v) is 9.36. The van der Waals surface area contributed by atoms with Crippen LogP contribution < -0.4 is 10.6 Å². The van der Waals surface area contributed by atoms with Gasteiger partial charge in [0.15, 0.2) is 0 Å². The summed E-state index contributed by atoms with van der Waals surface area (Å²) in [6.45, 7) is 9.71. The second kappa shape index (κ2) is 10.4. The maximum Gasteiger partial charge on any atom is 0.408 e. The van der Waals surface area contributed by atoms with Gasteiger partial charge in [-0.1, -0.05) is 51.0 Å². The van der Waals surface area contributed by atoms with Gasteiger partial charge in [0.05, 0.1) is 6.04 Å². The first-order valence-electron chi connectivity index (χ1n) is 14.6. The molecule has 10 nitrogen and oxygen atoms in total. The molecule has 3 amide bonds. The molecule has 10 heteroatoms. The number of aliphatic carboxylic acids is 1. The van der Waals surface area contributed by atoms with Crippen LogP contribution in [0.5, 0.6) is 0 Å². The third-order valence-electron chi connectivity index (χ3n) is 9.36. The quantitative estimate of drug-likeness (QED) is 0.390. The summed E-state index contributed by atoms with van der Waals surface area (Å²) in [6.07, 6.45) is 2.57. The van der Waals surface area contributed by atoms with Gasteiger partial charge < -0.3 is 25.4 Å². The minimum atomic E-state index is -1.58. The Labute approximate surface area is 240 Å². The molecule has 1 aromatic rings. The first kappa shape index (κ1) is 29.1. The van der Waals surface area contributed by atoms with Crippen molar-refractivity contribution in [2.45, 2.75) is 90.4 Å². The number of ketones is 1. The van der Waals surface area contributed by atoms with E-state index in [9.17, 15) is 29.1 Å². The highest BCUT2D eigenvalue weighted by molar-refractivity contribution is 6.35. The Morgan fingerprint density at radius 3 is 2.20 bits per heavy atom. The largest absolute Gasteiger partial charge is 0.475 e. The second-order valence-electron chi connectivity index (χ2n) is 13.9. The Bertz CT molecular complexity index is 1240. The number of benzene rings is 1. The van der Waals surface area contributed by atoms with E-state index in [0.29, 0.717) is 19.4 Å². The normalized spacial score (nSPS) is 25.9. The number of carbonyl (C=O) groups is 5. The minimum absolute atomic E-state index is 0.0854. The molecule has 222 valence electrons. The zero-order valence-corrected chi connectivity index (χ0v) is 24.4. The number of amides is 3. The van der Waals surface area contributed by atoms with Crippen molar-refractivity contribution in [1.29, 1.82) is 0 Å². The van der Waals surface area contributed by atoms with Gasteiger partial charge in [0.2, 0.25) is 11.8 Å². The number of Topliss-reactive ketones (excluding diaryl/α,β-unsaturated/α-hetero) is 1. The average Bonchev–Trinajstić information content (AvgIpc) is 3.63. The number of carbonyl (C=O) groups excluding carboxylic acids is 4. The molecule has 3 N–H and O–H groups in total. The van der Waals surface area contributed by atoms with E-state index >= 15 is 0 Å². The van der Waals surface area contributed by atoms with E-state index in [1.54, 1.807) is 25.7 Å². The van der Waals surface area contributed by atoms with Gasteiger partial charge in [-0.2, -0.15) is 0 Å². The lowest BCUT2D eigenvalue weighted by molar-refractivity contribution is -0.151. The number of ether oxygens (including phenoxy) is 1. The molecule has 41 heavy (non-hydrogen) atoms. The molecule has 0 aromatic heterocycles. The Kier molecular flexibility index (Phi) is 7.40. The molecule has 2 saturated carbocycles. The minimum Gasteiger partial charge on any atom is -0.475 e. The molecular weight excluding hydrogens is 526 g/mol. The van der Waals surface area contributed by atoms with Crippen LogP contribution in [0.1, 0.15) is 65.0 Å². The molecular formula is C31H41N3O7. The van der Waals surface area contributed by atoms with Crippen LogP contribution in [-0.4, -0.2) is 69.9 Å². The van der Waals surface area contributed by atoms with E-state index in [1.165, 1.54) is 0 Å². The van der Waals surface area contributed by atoms with Crippen molar-refractivity contribution < 1.29 is 33.8 Å². The summed E-state index contributed by atoms with van der Waals surface area (Å²) in [6, 6.07) is 5.03. The zero-order chi connectivity index (χ0) is 29.9. The smallest absolute Gasteiger partial charge is 0.408 e. The zero-order valence-electron chi connectivity index (χ0n) is 24.4. The van der Waals surface area contributed by atoms with Crippen LogP contribution in [0.4, 0.5) is 4.79 Å². The van der Waals surface area contributed by atoms with Gasteiger partial charge in [-0.25, -0.2) is 9.59 Å². The van der Waals surface area contributed by atoms with Crippen molar-refractivity contribution in [2.75, 3.05) is 6.54 Å². The average molecular weight is 568 g/mol. The molecule has 3 aliphatic carbocycles. The van der Waals surface area contributed by atoms with Gasteiger partial charge in [0, 0.05) is 6.54 Å². The Hall–Kier alpha value is -3.43. The lowest BCUT2D eigenvalue weighted by atomic mass is 9.93. The van der Waals surface area contributed by atoms with Gasteiger partial charge in [-0.3, -0.25) is 14.4 Å². The fourth-order valence-electron chi connectivity index (χ4n) is 6.96. The van der Waals surface area contributed by atoms with E-state index in [1.807, 2.05) is 24.3 Å². The molecule has 0 bridgehead atoms. The van der Waals surface area contributed by atoms with Gasteiger partial charge in [0.1, 0.15) is 17.7 Å². The van der Waals surface area contributed by atoms with Crippen LogP contribution in [0.15, 0.2) is 24.3 Å². The monoisotopic (exact) mass is 567 g/mol. The predicted octanol–water partition coefficient (Wildman–Crippen LogP) is 2.72. The molecule has 5 atom stereocenters. The van der Waals surface area contributed by atoms with Crippen molar-refractivity contribution in [1.82, 2.24) is 15.5 Å². The fraction of sp³-hybridized carbons (Fsp3) is 0.645. The van der Waals surface area contributed by atoms with Crippen LogP contribution >= 0.6 is 0 Å². The van der Waals surface area contributed by atoms with Crippen molar-refractivity contribution in [3.8, 4) is 0 Å². The lowest BCUT2D eigenvalue weighted by Crippen LogP contribution is -2.59. The highest BCUT2D eigenvalue weighted by Gasteiger charge is 2.70. The van der Waals surface area contributed by atoms with Crippen molar-refractivity contribution >= 4 is 29.7 Å². The molecule has 4 aliphatic rings. The molecule has 3 fully saturated rings. The van der Waals surface area contributed by atoms with Gasteiger partial charge in [0.25, 0.3) is 5.78 Å². The molecule has 0 spiro atoms. The number of rotatable bonds is 9. The maximum atomic E-state index is 14.3.